The van der Waals surface area contributed by atoms with Crippen LogP contribution in [-0.2, 0) is 35.4 Å². The van der Waals surface area contributed by atoms with E-state index < -0.39 is 5.79 Å². The molecule has 2 amide bonds. The molecular formula is C40H48N4O3. The molecule has 2 heterocycles. The van der Waals surface area contributed by atoms with Crippen LogP contribution in [0.5, 0.6) is 0 Å². The van der Waals surface area contributed by atoms with Gasteiger partial charge in [-0.25, -0.2) is 4.79 Å². The highest BCUT2D eigenvalue weighted by Gasteiger charge is 2.55. The summed E-state index contributed by atoms with van der Waals surface area (Å²) >= 11 is 0. The third-order valence-electron chi connectivity index (χ3n) is 9.35. The third-order valence-corrected chi connectivity index (χ3v) is 9.35. The van der Waals surface area contributed by atoms with Crippen LogP contribution in [0.4, 0.5) is 16.2 Å². The predicted molar refractivity (Wildman–Crippen MR) is 190 cm³/mol. The van der Waals surface area contributed by atoms with E-state index in [-0.39, 0.29) is 30.3 Å². The topological polar surface area (TPSA) is 48.5 Å². The summed E-state index contributed by atoms with van der Waals surface area (Å²) in [7, 11) is 8.22. The van der Waals surface area contributed by atoms with Crippen molar-refractivity contribution in [2.24, 2.45) is 0 Å². The molecular weight excluding hydrogens is 584 g/mol. The van der Waals surface area contributed by atoms with Crippen molar-refractivity contribution in [1.82, 2.24) is 9.80 Å². The van der Waals surface area contributed by atoms with E-state index in [1.165, 1.54) is 0 Å². The Morgan fingerprint density at radius 1 is 0.574 bits per heavy atom. The van der Waals surface area contributed by atoms with Crippen LogP contribution in [0.1, 0.15) is 36.1 Å². The Bertz CT molecular complexity index is 1520. The van der Waals surface area contributed by atoms with Crippen molar-refractivity contribution in [3.8, 4) is 0 Å². The molecule has 7 nitrogen and oxygen atoms in total. The van der Waals surface area contributed by atoms with E-state index >= 15 is 4.79 Å². The van der Waals surface area contributed by atoms with Crippen LogP contribution in [-0.4, -0.2) is 74.1 Å². The van der Waals surface area contributed by atoms with Gasteiger partial charge < -0.3 is 29.1 Å². The fourth-order valence-corrected chi connectivity index (χ4v) is 7.00. The van der Waals surface area contributed by atoms with Crippen molar-refractivity contribution in [3.05, 3.63) is 131 Å². The number of amides is 2. The lowest BCUT2D eigenvalue weighted by atomic mass is 9.90. The predicted octanol–water partition coefficient (Wildman–Crippen LogP) is 7.00. The molecule has 2 saturated heterocycles. The van der Waals surface area contributed by atoms with Gasteiger partial charge in [0.15, 0.2) is 5.79 Å². The van der Waals surface area contributed by atoms with Gasteiger partial charge in [0.2, 0.25) is 0 Å². The molecule has 2 fully saturated rings. The molecule has 0 saturated carbocycles. The summed E-state index contributed by atoms with van der Waals surface area (Å²) in [4.78, 5) is 23.6. The van der Waals surface area contributed by atoms with Crippen molar-refractivity contribution in [1.29, 1.82) is 0 Å². The van der Waals surface area contributed by atoms with Gasteiger partial charge in [-0.3, -0.25) is 0 Å². The first kappa shape index (κ1) is 32.6. The smallest absolute Gasteiger partial charge is 0.321 e. The van der Waals surface area contributed by atoms with Gasteiger partial charge in [0.1, 0.15) is 12.2 Å². The van der Waals surface area contributed by atoms with Crippen LogP contribution >= 0.6 is 0 Å². The van der Waals surface area contributed by atoms with Crippen molar-refractivity contribution < 1.29 is 14.3 Å². The van der Waals surface area contributed by atoms with Gasteiger partial charge in [0.25, 0.3) is 0 Å². The van der Waals surface area contributed by atoms with Crippen LogP contribution in [0.25, 0.3) is 0 Å². The first-order valence-electron chi connectivity index (χ1n) is 16.6. The summed E-state index contributed by atoms with van der Waals surface area (Å²) in [6, 6.07) is 37.2. The second kappa shape index (κ2) is 13.8. The zero-order chi connectivity index (χ0) is 33.1. The molecule has 6 rings (SSSR count). The van der Waals surface area contributed by atoms with Gasteiger partial charge in [0.05, 0.1) is 12.1 Å². The third kappa shape index (κ3) is 7.47. The number of hydrogen-bond donors (Lipinski definition) is 0. The van der Waals surface area contributed by atoms with E-state index in [0.29, 0.717) is 25.9 Å². The molecule has 0 aliphatic carbocycles. The summed E-state index contributed by atoms with van der Waals surface area (Å²) in [5.74, 6) is -0.806. The Hall–Kier alpha value is -4.33. The second-order valence-electron chi connectivity index (χ2n) is 13.7. The van der Waals surface area contributed by atoms with Gasteiger partial charge in [-0.1, -0.05) is 84.9 Å². The quantitative estimate of drug-likeness (QED) is 0.189. The van der Waals surface area contributed by atoms with Crippen LogP contribution in [0, 0.1) is 0 Å². The summed E-state index contributed by atoms with van der Waals surface area (Å²) in [5, 5.41) is 0. The number of urea groups is 1. The maximum absolute atomic E-state index is 15.2. The molecule has 0 N–H and O–H groups in total. The summed E-state index contributed by atoms with van der Waals surface area (Å²) < 4.78 is 13.8. The van der Waals surface area contributed by atoms with Gasteiger partial charge in [0, 0.05) is 52.7 Å². The van der Waals surface area contributed by atoms with E-state index in [4.69, 9.17) is 9.47 Å². The van der Waals surface area contributed by atoms with Crippen molar-refractivity contribution in [3.63, 3.8) is 0 Å². The number of hydrogen-bond acceptors (Lipinski definition) is 5. The highest BCUT2D eigenvalue weighted by molar-refractivity contribution is 5.76. The Balaban J connectivity index is 1.49. The van der Waals surface area contributed by atoms with Gasteiger partial charge in [-0.2, -0.15) is 0 Å². The SMILES string of the molecule is CN(C)c1cccc(C[C@@H]2[C@@H]3OC(C)(C)O[C@H]3[C@@H](Cc3cccc(N(C)C)c3)N(Cc3ccccc3)C(=O)N2Cc2ccccc2)c1. The number of carbonyl (C=O) groups is 1. The second-order valence-corrected chi connectivity index (χ2v) is 13.7. The normalized spacial score (nSPS) is 22.1. The number of ether oxygens (including phenoxy) is 2. The number of benzene rings is 4. The molecule has 4 aromatic rings. The molecule has 0 radical (unpaired) electrons. The van der Waals surface area contributed by atoms with Gasteiger partial charge in [-0.05, 0) is 73.2 Å². The number of rotatable bonds is 10. The van der Waals surface area contributed by atoms with Crippen molar-refractivity contribution in [2.75, 3.05) is 38.0 Å². The molecule has 2 aliphatic rings. The van der Waals surface area contributed by atoms with Gasteiger partial charge >= 0.3 is 6.03 Å². The minimum absolute atomic E-state index is 0.000333. The largest absolute Gasteiger partial charge is 0.378 e. The maximum atomic E-state index is 15.2. The molecule has 2 aliphatic heterocycles. The number of carbonyl (C=O) groups excluding carboxylic acids is 1. The summed E-state index contributed by atoms with van der Waals surface area (Å²) in [6.07, 6.45) is 0.595. The first-order chi connectivity index (χ1) is 22.6. The standard InChI is InChI=1S/C40H48N4O3/c1-40(2)46-37-35(25-31-19-13-21-33(23-31)41(3)4)43(27-29-15-9-7-10-16-29)39(45)44(28-30-17-11-8-12-18-30)36(38(37)47-40)26-32-20-14-22-34(24-32)42(5)6/h7-24,35-38H,25-28H2,1-6H3/t35-,36-,37+,38+/m1/s1. The molecule has 4 aromatic carbocycles. The average Bonchev–Trinajstić information content (AvgIpc) is 3.36. The van der Waals surface area contributed by atoms with E-state index in [0.717, 1.165) is 33.6 Å². The summed E-state index contributed by atoms with van der Waals surface area (Å²) in [5.41, 5.74) is 6.74. The van der Waals surface area contributed by atoms with Crippen LogP contribution in [0.3, 0.4) is 0 Å². The van der Waals surface area contributed by atoms with Crippen LogP contribution in [0.15, 0.2) is 109 Å². The number of nitrogens with zero attached hydrogens (tertiary/aromatic N) is 4. The Labute approximate surface area is 280 Å². The van der Waals surface area contributed by atoms with Crippen molar-refractivity contribution >= 4 is 17.4 Å². The van der Waals surface area contributed by atoms with E-state index in [1.54, 1.807) is 0 Å². The molecule has 0 aromatic heterocycles. The summed E-state index contributed by atoms with van der Waals surface area (Å²) in [6.45, 7) is 4.94. The molecule has 4 atom stereocenters. The fraction of sp³-hybridized carbons (Fsp3) is 0.375. The minimum Gasteiger partial charge on any atom is -0.378 e. The fourth-order valence-electron chi connectivity index (χ4n) is 7.00. The highest BCUT2D eigenvalue weighted by Crippen LogP contribution is 2.41. The number of fused-ring (bicyclic) bond motifs is 1. The molecule has 47 heavy (non-hydrogen) atoms. The Morgan fingerprint density at radius 2 is 0.957 bits per heavy atom. The van der Waals surface area contributed by atoms with Crippen molar-refractivity contribution in [2.45, 2.75) is 69.9 Å². The van der Waals surface area contributed by atoms with E-state index in [9.17, 15) is 0 Å². The van der Waals surface area contributed by atoms with Gasteiger partial charge in [-0.15, -0.1) is 0 Å². The monoisotopic (exact) mass is 632 g/mol. The molecule has 0 spiro atoms. The average molecular weight is 633 g/mol. The molecule has 0 bridgehead atoms. The Morgan fingerprint density at radius 3 is 1.34 bits per heavy atom. The minimum atomic E-state index is -0.806. The lowest BCUT2D eigenvalue weighted by Crippen LogP contribution is -2.51. The van der Waals surface area contributed by atoms with Crippen LogP contribution in [0.2, 0.25) is 0 Å². The van der Waals surface area contributed by atoms with Crippen LogP contribution < -0.4 is 9.80 Å². The highest BCUT2D eigenvalue weighted by atomic mass is 16.8. The zero-order valence-corrected chi connectivity index (χ0v) is 28.5. The lowest BCUT2D eigenvalue weighted by molar-refractivity contribution is -0.157. The first-order valence-corrected chi connectivity index (χ1v) is 16.6. The lowest BCUT2D eigenvalue weighted by Gasteiger charge is -2.37. The maximum Gasteiger partial charge on any atom is 0.321 e. The Kier molecular flexibility index (Phi) is 9.57. The zero-order valence-electron chi connectivity index (χ0n) is 28.5. The number of anilines is 2. The van der Waals surface area contributed by atoms with E-state index in [2.05, 4.69) is 121 Å². The van der Waals surface area contributed by atoms with E-state index in [1.807, 2.05) is 50.2 Å². The molecule has 0 unspecified atom stereocenters. The molecule has 7 heteroatoms. The molecule has 246 valence electrons.